The summed E-state index contributed by atoms with van der Waals surface area (Å²) >= 11 is 3.10. The van der Waals surface area contributed by atoms with Crippen LogP contribution in [0.25, 0.3) is 0 Å². The standard InChI is InChI=1S/C15H25N7S2/c1-9-11(23-14(17)21-9)5-3-7-19-13(16)20-8-4-6-12-10(2)22-15(18)24-12/h3-8H2,1-2H3,(H2,17,21)(H2,18,22)(H3,16,19,20). The van der Waals surface area contributed by atoms with Gasteiger partial charge in [-0.05, 0) is 39.5 Å². The predicted molar refractivity (Wildman–Crippen MR) is 104 cm³/mol. The number of thiazole rings is 2. The second kappa shape index (κ2) is 8.84. The largest absolute Gasteiger partial charge is 0.375 e. The molecule has 7 N–H and O–H groups in total. The van der Waals surface area contributed by atoms with Crippen molar-refractivity contribution >= 4 is 38.9 Å². The maximum atomic E-state index is 5.88. The summed E-state index contributed by atoms with van der Waals surface area (Å²) in [6, 6.07) is 0. The molecule has 0 atom stereocenters. The van der Waals surface area contributed by atoms with Gasteiger partial charge in [0, 0.05) is 22.8 Å². The molecule has 2 rings (SSSR count). The van der Waals surface area contributed by atoms with E-state index >= 15 is 0 Å². The first kappa shape index (κ1) is 18.5. The van der Waals surface area contributed by atoms with E-state index in [2.05, 4.69) is 20.3 Å². The Bertz CT molecular complexity index is 690. The van der Waals surface area contributed by atoms with Crippen LogP contribution in [0.1, 0.15) is 34.0 Å². The fraction of sp³-hybridized carbons (Fsp3) is 0.533. The first-order chi connectivity index (χ1) is 11.5. The van der Waals surface area contributed by atoms with E-state index in [0.29, 0.717) is 22.8 Å². The van der Waals surface area contributed by atoms with E-state index in [4.69, 9.17) is 17.2 Å². The highest BCUT2D eigenvalue weighted by atomic mass is 32.1. The molecule has 0 radical (unpaired) electrons. The van der Waals surface area contributed by atoms with Gasteiger partial charge >= 0.3 is 0 Å². The second-order valence-electron chi connectivity index (χ2n) is 5.52. The molecule has 0 spiro atoms. The van der Waals surface area contributed by atoms with Crippen LogP contribution in [0.4, 0.5) is 10.3 Å². The molecule has 7 nitrogen and oxygen atoms in total. The lowest BCUT2D eigenvalue weighted by Crippen LogP contribution is -2.32. The smallest absolute Gasteiger partial charge is 0.188 e. The average molecular weight is 368 g/mol. The van der Waals surface area contributed by atoms with E-state index in [-0.39, 0.29) is 0 Å². The normalized spacial score (nSPS) is 11.8. The number of hydrogen-bond donors (Lipinski definition) is 4. The molecule has 132 valence electrons. The summed E-state index contributed by atoms with van der Waals surface area (Å²) in [6.45, 7) is 5.46. The molecule has 0 aliphatic rings. The van der Waals surface area contributed by atoms with Crippen molar-refractivity contribution in [1.82, 2.24) is 15.3 Å². The van der Waals surface area contributed by atoms with Crippen molar-refractivity contribution in [3.05, 3.63) is 21.1 Å². The summed E-state index contributed by atoms with van der Waals surface area (Å²) in [5.41, 5.74) is 19.3. The van der Waals surface area contributed by atoms with Gasteiger partial charge in [-0.3, -0.25) is 4.99 Å². The Labute approximate surface area is 150 Å². The molecule has 0 aromatic carbocycles. The van der Waals surface area contributed by atoms with Crippen molar-refractivity contribution in [3.63, 3.8) is 0 Å². The number of nitrogens with two attached hydrogens (primary N) is 3. The molecule has 2 aromatic heterocycles. The lowest BCUT2D eigenvalue weighted by molar-refractivity contribution is 0.762. The van der Waals surface area contributed by atoms with Gasteiger partial charge in [-0.1, -0.05) is 0 Å². The number of hydrogen-bond acceptors (Lipinski definition) is 7. The van der Waals surface area contributed by atoms with Gasteiger partial charge in [0.25, 0.3) is 0 Å². The van der Waals surface area contributed by atoms with Crippen LogP contribution in [0.5, 0.6) is 0 Å². The molecule has 0 bridgehead atoms. The van der Waals surface area contributed by atoms with E-state index in [1.165, 1.54) is 9.75 Å². The van der Waals surface area contributed by atoms with E-state index in [9.17, 15) is 0 Å². The van der Waals surface area contributed by atoms with Crippen molar-refractivity contribution in [2.24, 2.45) is 10.7 Å². The molecule has 0 saturated carbocycles. The van der Waals surface area contributed by atoms with Crippen LogP contribution < -0.4 is 22.5 Å². The molecule has 0 aliphatic carbocycles. The van der Waals surface area contributed by atoms with Crippen LogP contribution in [0.15, 0.2) is 4.99 Å². The van der Waals surface area contributed by atoms with Crippen LogP contribution in [-0.4, -0.2) is 29.0 Å². The zero-order valence-corrected chi connectivity index (χ0v) is 15.8. The Morgan fingerprint density at radius 2 is 1.54 bits per heavy atom. The van der Waals surface area contributed by atoms with Crippen LogP contribution in [-0.2, 0) is 12.8 Å². The van der Waals surface area contributed by atoms with Crippen molar-refractivity contribution in [2.75, 3.05) is 24.6 Å². The zero-order valence-electron chi connectivity index (χ0n) is 14.1. The average Bonchev–Trinajstić information content (AvgIpc) is 3.01. The minimum atomic E-state index is 0.496. The highest BCUT2D eigenvalue weighted by molar-refractivity contribution is 7.15. The van der Waals surface area contributed by atoms with E-state index < -0.39 is 0 Å². The number of guanidine groups is 1. The molecule has 9 heteroatoms. The number of nitrogens with one attached hydrogen (secondary N) is 1. The first-order valence-corrected chi connectivity index (χ1v) is 9.56. The van der Waals surface area contributed by atoms with Crippen LogP contribution in [0, 0.1) is 13.8 Å². The summed E-state index contributed by atoms with van der Waals surface area (Å²) in [7, 11) is 0. The Hall–Kier alpha value is -1.87. The van der Waals surface area contributed by atoms with Gasteiger partial charge in [-0.2, -0.15) is 0 Å². The first-order valence-electron chi connectivity index (χ1n) is 7.93. The SMILES string of the molecule is Cc1nc(N)sc1CCCN=C(N)NCCCc1sc(N)nc1C. The summed E-state index contributed by atoms with van der Waals surface area (Å²) in [4.78, 5) is 15.3. The van der Waals surface area contributed by atoms with Gasteiger partial charge in [0.1, 0.15) is 0 Å². The molecular weight excluding hydrogens is 342 g/mol. The topological polar surface area (TPSA) is 128 Å². The van der Waals surface area contributed by atoms with Crippen LogP contribution in [0.3, 0.4) is 0 Å². The summed E-state index contributed by atoms with van der Waals surface area (Å²) in [6.07, 6.45) is 3.79. The molecule has 2 heterocycles. The van der Waals surface area contributed by atoms with Gasteiger partial charge in [0.15, 0.2) is 16.2 Å². The predicted octanol–water partition coefficient (Wildman–Crippen LogP) is 1.85. The van der Waals surface area contributed by atoms with Gasteiger partial charge in [-0.25, -0.2) is 9.97 Å². The quantitative estimate of drug-likeness (QED) is 0.320. The third-order valence-electron chi connectivity index (χ3n) is 3.55. The Morgan fingerprint density at radius 1 is 1.00 bits per heavy atom. The monoisotopic (exact) mass is 367 g/mol. The molecule has 0 fully saturated rings. The minimum absolute atomic E-state index is 0.496. The number of aryl methyl sites for hydroxylation is 4. The lowest BCUT2D eigenvalue weighted by Gasteiger charge is -2.05. The van der Waals surface area contributed by atoms with Crippen LogP contribution >= 0.6 is 22.7 Å². The highest BCUT2D eigenvalue weighted by Crippen LogP contribution is 2.21. The van der Waals surface area contributed by atoms with Crippen molar-refractivity contribution < 1.29 is 0 Å². The Kier molecular flexibility index (Phi) is 6.80. The van der Waals surface area contributed by atoms with Crippen molar-refractivity contribution in [2.45, 2.75) is 39.5 Å². The number of rotatable bonds is 8. The fourth-order valence-corrected chi connectivity index (χ4v) is 4.07. The molecule has 0 amide bonds. The highest BCUT2D eigenvalue weighted by Gasteiger charge is 2.05. The van der Waals surface area contributed by atoms with E-state index in [1.54, 1.807) is 22.7 Å². The van der Waals surface area contributed by atoms with Gasteiger partial charge < -0.3 is 22.5 Å². The van der Waals surface area contributed by atoms with Crippen molar-refractivity contribution in [3.8, 4) is 0 Å². The second-order valence-corrected chi connectivity index (χ2v) is 7.75. The molecule has 0 saturated heterocycles. The third kappa shape index (κ3) is 5.64. The van der Waals surface area contributed by atoms with E-state index in [1.807, 2.05) is 13.8 Å². The molecule has 2 aromatic rings. The third-order valence-corrected chi connectivity index (χ3v) is 5.64. The molecular formula is C15H25N7S2. The number of anilines is 2. The maximum Gasteiger partial charge on any atom is 0.188 e. The number of nitrogen functional groups attached to an aromatic ring is 2. The van der Waals surface area contributed by atoms with Crippen LogP contribution in [0.2, 0.25) is 0 Å². The Morgan fingerprint density at radius 3 is 2.04 bits per heavy atom. The molecule has 0 unspecified atom stereocenters. The number of aliphatic imine (C=N–C) groups is 1. The zero-order chi connectivity index (χ0) is 17.5. The molecule has 0 aliphatic heterocycles. The van der Waals surface area contributed by atoms with E-state index in [0.717, 1.165) is 43.6 Å². The summed E-state index contributed by atoms with van der Waals surface area (Å²) < 4.78 is 0. The minimum Gasteiger partial charge on any atom is -0.375 e. The van der Waals surface area contributed by atoms with Crippen molar-refractivity contribution in [1.29, 1.82) is 0 Å². The van der Waals surface area contributed by atoms with Gasteiger partial charge in [0.2, 0.25) is 0 Å². The Balaban J connectivity index is 1.61. The number of aromatic nitrogens is 2. The summed E-state index contributed by atoms with van der Waals surface area (Å²) in [5, 5.41) is 4.41. The summed E-state index contributed by atoms with van der Waals surface area (Å²) in [5.74, 6) is 0.496. The van der Waals surface area contributed by atoms with Gasteiger partial charge in [-0.15, -0.1) is 22.7 Å². The molecule has 24 heavy (non-hydrogen) atoms. The number of nitrogens with zero attached hydrogens (tertiary/aromatic N) is 3. The maximum absolute atomic E-state index is 5.88. The lowest BCUT2D eigenvalue weighted by atomic mass is 10.2. The fourth-order valence-electron chi connectivity index (χ4n) is 2.33. The van der Waals surface area contributed by atoms with Gasteiger partial charge in [0.05, 0.1) is 11.4 Å².